The molecule has 3 N–H and O–H groups in total. The number of aromatic amines is 1. The molecule has 154 valence electrons. The molecule has 1 aromatic heterocycles. The number of nitrogens with two attached hydrogens (primary N) is 1. The van der Waals surface area contributed by atoms with Crippen LogP contribution in [0.1, 0.15) is 12.5 Å². The molecular formula is C19H16FN5O5. The number of hydrogen-bond donors (Lipinski definition) is 2. The number of nitrogen functional groups attached to an aromatic ring is 1. The highest BCUT2D eigenvalue weighted by atomic mass is 19.1. The van der Waals surface area contributed by atoms with Crippen LogP contribution < -0.4 is 21.7 Å². The van der Waals surface area contributed by atoms with Gasteiger partial charge in [0, 0.05) is 12.1 Å². The van der Waals surface area contributed by atoms with Crippen molar-refractivity contribution >= 4 is 22.9 Å². The van der Waals surface area contributed by atoms with E-state index < -0.39 is 22.0 Å². The molecule has 2 aromatic carbocycles. The Labute approximate surface area is 168 Å². The number of nitro groups is 1. The van der Waals surface area contributed by atoms with Crippen molar-refractivity contribution in [1.82, 2.24) is 9.55 Å². The van der Waals surface area contributed by atoms with E-state index in [2.05, 4.69) is 9.98 Å². The second kappa shape index (κ2) is 7.99. The number of nitrogens with one attached hydrogen (secondary N) is 1. The van der Waals surface area contributed by atoms with Crippen LogP contribution in [-0.4, -0.2) is 27.3 Å². The van der Waals surface area contributed by atoms with Gasteiger partial charge in [-0.3, -0.25) is 24.9 Å². The first kappa shape index (κ1) is 20.5. The van der Waals surface area contributed by atoms with Crippen molar-refractivity contribution in [2.75, 3.05) is 12.8 Å². The highest BCUT2D eigenvalue weighted by Gasteiger charge is 2.20. The van der Waals surface area contributed by atoms with Crippen LogP contribution in [0.5, 0.6) is 5.75 Å². The molecule has 0 aliphatic carbocycles. The topological polar surface area (TPSA) is 146 Å². The van der Waals surface area contributed by atoms with Gasteiger partial charge in [-0.2, -0.15) is 0 Å². The summed E-state index contributed by atoms with van der Waals surface area (Å²) >= 11 is 0. The van der Waals surface area contributed by atoms with Gasteiger partial charge in [-0.25, -0.2) is 13.8 Å². The first-order valence-corrected chi connectivity index (χ1v) is 8.52. The van der Waals surface area contributed by atoms with Crippen LogP contribution in [0.4, 0.5) is 21.6 Å². The molecule has 0 atom stereocenters. The minimum absolute atomic E-state index is 0.119. The number of anilines is 1. The second-order valence-corrected chi connectivity index (χ2v) is 6.12. The number of hydrogen-bond acceptors (Lipinski definition) is 7. The van der Waals surface area contributed by atoms with E-state index in [1.165, 1.54) is 56.5 Å². The molecule has 0 unspecified atom stereocenters. The van der Waals surface area contributed by atoms with Crippen LogP contribution >= 0.6 is 0 Å². The number of halogens is 1. The van der Waals surface area contributed by atoms with Gasteiger partial charge < -0.3 is 10.5 Å². The Morgan fingerprint density at radius 2 is 1.90 bits per heavy atom. The van der Waals surface area contributed by atoms with Gasteiger partial charge in [0.2, 0.25) is 0 Å². The summed E-state index contributed by atoms with van der Waals surface area (Å²) in [6.07, 6.45) is 0. The second-order valence-electron chi connectivity index (χ2n) is 6.12. The van der Waals surface area contributed by atoms with E-state index in [0.717, 1.165) is 0 Å². The molecule has 0 radical (unpaired) electrons. The van der Waals surface area contributed by atoms with E-state index in [9.17, 15) is 24.1 Å². The van der Waals surface area contributed by atoms with Crippen LogP contribution in [0.25, 0.3) is 5.69 Å². The number of aliphatic imine (C=N–C) groups is 1. The Morgan fingerprint density at radius 1 is 1.23 bits per heavy atom. The summed E-state index contributed by atoms with van der Waals surface area (Å²) < 4.78 is 20.1. The molecule has 0 saturated carbocycles. The minimum atomic E-state index is -0.934. The van der Waals surface area contributed by atoms with Crippen LogP contribution in [-0.2, 0) is 0 Å². The maximum Gasteiger partial charge on any atom is 0.334 e. The van der Waals surface area contributed by atoms with E-state index in [1.54, 1.807) is 0 Å². The fourth-order valence-electron chi connectivity index (χ4n) is 2.85. The molecule has 0 aliphatic rings. The van der Waals surface area contributed by atoms with Crippen LogP contribution in [0.3, 0.4) is 0 Å². The van der Waals surface area contributed by atoms with E-state index in [0.29, 0.717) is 10.3 Å². The molecule has 1 heterocycles. The zero-order valence-corrected chi connectivity index (χ0v) is 15.9. The van der Waals surface area contributed by atoms with Gasteiger partial charge in [0.25, 0.3) is 11.2 Å². The summed E-state index contributed by atoms with van der Waals surface area (Å²) in [5, 5.41) is 10.8. The molecule has 0 fully saturated rings. The SMILES string of the molecule is COc1cccc(-n2c(=O)[nH]c(N)c(C(C)=Nc3ccc([N+](=O)[O-])cc3)c2=O)c1F. The Bertz CT molecular complexity index is 1280. The summed E-state index contributed by atoms with van der Waals surface area (Å²) in [6.45, 7) is 1.47. The number of nitrogens with zero attached hydrogens (tertiary/aromatic N) is 3. The van der Waals surface area contributed by atoms with Gasteiger partial charge in [0.15, 0.2) is 11.6 Å². The van der Waals surface area contributed by atoms with Crippen molar-refractivity contribution in [1.29, 1.82) is 0 Å². The number of benzene rings is 2. The van der Waals surface area contributed by atoms with Crippen molar-refractivity contribution in [3.8, 4) is 11.4 Å². The van der Waals surface area contributed by atoms with Crippen LogP contribution in [0, 0.1) is 15.9 Å². The van der Waals surface area contributed by atoms with Gasteiger partial charge in [0.1, 0.15) is 11.4 Å². The van der Waals surface area contributed by atoms with Crippen molar-refractivity contribution < 1.29 is 14.1 Å². The molecule has 30 heavy (non-hydrogen) atoms. The predicted molar refractivity (Wildman–Crippen MR) is 109 cm³/mol. The quantitative estimate of drug-likeness (QED) is 0.373. The molecule has 0 amide bonds. The highest BCUT2D eigenvalue weighted by molar-refractivity contribution is 6.03. The van der Waals surface area contributed by atoms with E-state index in [4.69, 9.17) is 10.5 Å². The van der Waals surface area contributed by atoms with Gasteiger partial charge in [-0.15, -0.1) is 0 Å². The number of aromatic nitrogens is 2. The average Bonchev–Trinajstić information content (AvgIpc) is 2.69. The third kappa shape index (κ3) is 3.68. The molecule has 0 aliphatic heterocycles. The van der Waals surface area contributed by atoms with Crippen molar-refractivity contribution in [2.45, 2.75) is 6.92 Å². The fourth-order valence-corrected chi connectivity index (χ4v) is 2.85. The number of H-pyrrole nitrogens is 1. The largest absolute Gasteiger partial charge is 0.494 e. The number of nitro benzene ring substituents is 1. The summed E-state index contributed by atoms with van der Waals surface area (Å²) in [7, 11) is 1.25. The Hall–Kier alpha value is -4.28. The normalized spacial score (nSPS) is 11.4. The molecule has 0 saturated heterocycles. The lowest BCUT2D eigenvalue weighted by Crippen LogP contribution is -2.38. The van der Waals surface area contributed by atoms with Crippen LogP contribution in [0.2, 0.25) is 0 Å². The molecule has 3 rings (SSSR count). The summed E-state index contributed by atoms with van der Waals surface area (Å²) in [5.41, 5.74) is 3.88. The zero-order valence-electron chi connectivity index (χ0n) is 15.9. The highest BCUT2D eigenvalue weighted by Crippen LogP contribution is 2.22. The van der Waals surface area contributed by atoms with Gasteiger partial charge in [-0.05, 0) is 31.2 Å². The fraction of sp³-hybridized carbons (Fsp3) is 0.105. The molecule has 10 nitrogen and oxygen atoms in total. The first-order chi connectivity index (χ1) is 14.2. The van der Waals surface area contributed by atoms with Gasteiger partial charge in [0.05, 0.1) is 29.1 Å². The van der Waals surface area contributed by atoms with Gasteiger partial charge in [-0.1, -0.05) is 6.07 Å². The molecular weight excluding hydrogens is 397 g/mol. The maximum absolute atomic E-state index is 14.6. The van der Waals surface area contributed by atoms with E-state index in [1.807, 2.05) is 0 Å². The summed E-state index contributed by atoms with van der Waals surface area (Å²) in [5.74, 6) is -1.28. The summed E-state index contributed by atoms with van der Waals surface area (Å²) in [6, 6.07) is 9.32. The zero-order chi connectivity index (χ0) is 22.0. The molecule has 11 heteroatoms. The van der Waals surface area contributed by atoms with Gasteiger partial charge >= 0.3 is 5.69 Å². The van der Waals surface area contributed by atoms with Crippen LogP contribution in [0.15, 0.2) is 57.0 Å². The Kier molecular flexibility index (Phi) is 5.45. The Balaban J connectivity index is 2.17. The molecule has 3 aromatic rings. The van der Waals surface area contributed by atoms with E-state index in [-0.39, 0.29) is 34.2 Å². The smallest absolute Gasteiger partial charge is 0.334 e. The van der Waals surface area contributed by atoms with Crippen molar-refractivity contribution in [2.24, 2.45) is 4.99 Å². The maximum atomic E-state index is 14.6. The van der Waals surface area contributed by atoms with E-state index >= 15 is 0 Å². The molecule has 0 spiro atoms. The lowest BCUT2D eigenvalue weighted by Gasteiger charge is -2.12. The minimum Gasteiger partial charge on any atom is -0.494 e. The monoisotopic (exact) mass is 413 g/mol. The number of ether oxygens (including phenoxy) is 1. The lowest BCUT2D eigenvalue weighted by molar-refractivity contribution is -0.384. The Morgan fingerprint density at radius 3 is 2.50 bits per heavy atom. The first-order valence-electron chi connectivity index (χ1n) is 8.52. The number of rotatable bonds is 5. The number of methoxy groups -OCH3 is 1. The predicted octanol–water partition coefficient (Wildman–Crippen LogP) is 2.30. The third-order valence-corrected chi connectivity index (χ3v) is 4.25. The average molecular weight is 413 g/mol. The van der Waals surface area contributed by atoms with Crippen molar-refractivity contribution in [3.05, 3.63) is 84.8 Å². The number of non-ortho nitro benzene ring substituents is 1. The molecule has 0 bridgehead atoms. The summed E-state index contributed by atoms with van der Waals surface area (Å²) in [4.78, 5) is 42.1. The van der Waals surface area contributed by atoms with Crippen molar-refractivity contribution in [3.63, 3.8) is 0 Å². The third-order valence-electron chi connectivity index (χ3n) is 4.25. The standard InChI is InChI=1S/C19H16FN5O5/c1-10(22-11-6-8-12(9-7-11)25(28)29)15-17(21)23-19(27)24(18(15)26)13-4-3-5-14(30-2)16(13)20/h3-9H,21H2,1-2H3,(H,23,27). The lowest BCUT2D eigenvalue weighted by atomic mass is 10.2.